The second kappa shape index (κ2) is 6.15. The summed E-state index contributed by atoms with van der Waals surface area (Å²) in [7, 11) is 1.46. The van der Waals surface area contributed by atoms with Gasteiger partial charge in [0.25, 0.3) is 0 Å². The molecule has 4 atom stereocenters. The van der Waals surface area contributed by atoms with Crippen molar-refractivity contribution in [2.45, 2.75) is 31.8 Å². The van der Waals surface area contributed by atoms with Gasteiger partial charge in [0.15, 0.2) is 0 Å². The van der Waals surface area contributed by atoms with Crippen molar-refractivity contribution < 1.29 is 29.5 Å². The van der Waals surface area contributed by atoms with Crippen molar-refractivity contribution >= 4 is 17.8 Å². The van der Waals surface area contributed by atoms with E-state index in [0.717, 1.165) is 10.5 Å². The van der Waals surface area contributed by atoms with E-state index in [0.29, 0.717) is 6.42 Å². The highest BCUT2D eigenvalue weighted by molar-refractivity contribution is 6.08. The molecule has 134 valence electrons. The van der Waals surface area contributed by atoms with Crippen molar-refractivity contribution in [2.24, 2.45) is 11.8 Å². The number of phenolic OH excluding ortho intramolecular Hbond substituents is 1. The van der Waals surface area contributed by atoms with Gasteiger partial charge in [-0.25, -0.2) is 4.79 Å². The van der Waals surface area contributed by atoms with Crippen LogP contribution >= 0.6 is 0 Å². The van der Waals surface area contributed by atoms with Gasteiger partial charge in [-0.15, -0.1) is 0 Å². The van der Waals surface area contributed by atoms with Gasteiger partial charge in [-0.05, 0) is 31.2 Å². The lowest BCUT2D eigenvalue weighted by Crippen LogP contribution is -2.98. The molecule has 1 aromatic rings. The van der Waals surface area contributed by atoms with Gasteiger partial charge in [-0.1, -0.05) is 6.92 Å². The molecule has 2 aliphatic rings. The predicted molar refractivity (Wildman–Crippen MR) is 87.2 cm³/mol. The minimum absolute atomic E-state index is 0.122. The number of likely N-dealkylation sites (tertiary alicyclic amines) is 1. The fourth-order valence-electron chi connectivity index (χ4n) is 4.21. The molecule has 0 radical (unpaired) electrons. The Morgan fingerprint density at radius 2 is 1.88 bits per heavy atom. The maximum Gasteiger partial charge on any atom is 0.368 e. The Kier molecular flexibility index (Phi) is 4.28. The van der Waals surface area contributed by atoms with Crippen LogP contribution in [0.5, 0.6) is 5.75 Å². The third kappa shape index (κ3) is 2.41. The first kappa shape index (κ1) is 17.4. The Morgan fingerprint density at radius 1 is 1.24 bits per heavy atom. The average molecular weight is 347 g/mol. The van der Waals surface area contributed by atoms with Crippen LogP contribution in [-0.4, -0.2) is 47.0 Å². The molecule has 0 unspecified atom stereocenters. The molecule has 25 heavy (non-hydrogen) atoms. The van der Waals surface area contributed by atoms with E-state index >= 15 is 0 Å². The Hall–Kier alpha value is -2.41. The Balaban J connectivity index is 2.10. The van der Waals surface area contributed by atoms with Crippen LogP contribution in [0.1, 0.15) is 31.9 Å². The third-order valence-corrected chi connectivity index (χ3v) is 5.51. The second-order valence-electron chi connectivity index (χ2n) is 6.64. The van der Waals surface area contributed by atoms with Gasteiger partial charge in [0.1, 0.15) is 23.6 Å². The molecule has 3 rings (SSSR count). The zero-order valence-corrected chi connectivity index (χ0v) is 14.6. The first-order valence-corrected chi connectivity index (χ1v) is 8.51. The van der Waals surface area contributed by atoms with Crippen molar-refractivity contribution in [3.05, 3.63) is 29.8 Å². The number of carbonyl (C=O) groups excluding carboxylic acids is 3. The molecule has 1 aromatic carbocycles. The highest BCUT2D eigenvalue weighted by Crippen LogP contribution is 2.45. The van der Waals surface area contributed by atoms with E-state index in [4.69, 9.17) is 4.74 Å². The number of esters is 1. The third-order valence-electron chi connectivity index (χ3n) is 5.51. The van der Waals surface area contributed by atoms with Crippen molar-refractivity contribution in [1.29, 1.82) is 0 Å². The van der Waals surface area contributed by atoms with Crippen molar-refractivity contribution in [1.82, 2.24) is 4.90 Å². The maximum absolute atomic E-state index is 12.8. The Bertz CT molecular complexity index is 717. The molecule has 2 fully saturated rings. The largest absolute Gasteiger partial charge is 0.508 e. The number of amides is 2. The number of fused-ring (bicyclic) bond motifs is 1. The molecule has 0 spiro atoms. The van der Waals surface area contributed by atoms with E-state index in [2.05, 4.69) is 0 Å². The smallest absolute Gasteiger partial charge is 0.368 e. The number of rotatable bonds is 4. The highest BCUT2D eigenvalue weighted by atomic mass is 16.5. The van der Waals surface area contributed by atoms with Gasteiger partial charge in [0, 0.05) is 19.0 Å². The number of phenols is 1. The van der Waals surface area contributed by atoms with Crippen LogP contribution in [0.3, 0.4) is 0 Å². The van der Waals surface area contributed by atoms with Crippen LogP contribution < -0.4 is 5.32 Å². The number of quaternary nitrogens is 1. The number of hydrogen-bond donors (Lipinski definition) is 2. The number of nitrogens with zero attached hydrogens (tertiary/aromatic N) is 1. The number of carbonyl (C=O) groups is 3. The summed E-state index contributed by atoms with van der Waals surface area (Å²) in [6.07, 6.45) is 0.383. The number of imide groups is 1. The highest BCUT2D eigenvalue weighted by Gasteiger charge is 2.71. The molecule has 0 aliphatic carbocycles. The molecule has 2 aliphatic heterocycles. The van der Waals surface area contributed by atoms with Gasteiger partial charge >= 0.3 is 5.97 Å². The van der Waals surface area contributed by atoms with Gasteiger partial charge < -0.3 is 15.2 Å². The molecule has 2 heterocycles. The molecule has 2 saturated heterocycles. The first-order valence-electron chi connectivity index (χ1n) is 8.51. The number of hydrogen-bond acceptors (Lipinski definition) is 5. The molecule has 3 N–H and O–H groups in total. The Morgan fingerprint density at radius 3 is 2.44 bits per heavy atom. The fraction of sp³-hybridized carbons (Fsp3) is 0.500. The quantitative estimate of drug-likeness (QED) is 0.588. The average Bonchev–Trinajstić information content (AvgIpc) is 3.06. The summed E-state index contributed by atoms with van der Waals surface area (Å²) in [5.74, 6) is -2.30. The lowest BCUT2D eigenvalue weighted by atomic mass is 9.78. The summed E-state index contributed by atoms with van der Waals surface area (Å²) >= 11 is 0. The van der Waals surface area contributed by atoms with Crippen molar-refractivity contribution in [3.8, 4) is 5.75 Å². The number of ether oxygens (including phenoxy) is 1. The summed E-state index contributed by atoms with van der Waals surface area (Å²) in [4.78, 5) is 39.3. The van der Waals surface area contributed by atoms with Crippen LogP contribution in [0, 0.1) is 11.8 Å². The number of aromatic hydroxyl groups is 1. The SMILES string of the molecule is CCOC(=O)[C@@]1(CC)[NH2+][C@@H](c2ccc(O)cc2)[C@H]2C(=O)N(C)C(=O)[C@@H]21. The summed E-state index contributed by atoms with van der Waals surface area (Å²) in [6.45, 7) is 3.77. The number of benzene rings is 1. The summed E-state index contributed by atoms with van der Waals surface area (Å²) in [6, 6.07) is 6.15. The van der Waals surface area contributed by atoms with Gasteiger partial charge in [0.2, 0.25) is 17.4 Å². The second-order valence-corrected chi connectivity index (χ2v) is 6.64. The minimum Gasteiger partial charge on any atom is -0.508 e. The fourth-order valence-corrected chi connectivity index (χ4v) is 4.21. The summed E-state index contributed by atoms with van der Waals surface area (Å²) < 4.78 is 5.26. The molecule has 0 bridgehead atoms. The zero-order valence-electron chi connectivity index (χ0n) is 14.6. The molecule has 7 nitrogen and oxygen atoms in total. The summed E-state index contributed by atoms with van der Waals surface area (Å²) in [5, 5.41) is 11.3. The van der Waals surface area contributed by atoms with Crippen LogP contribution in [0.25, 0.3) is 0 Å². The molecule has 0 saturated carbocycles. The van der Waals surface area contributed by atoms with E-state index in [1.165, 1.54) is 7.05 Å². The normalized spacial score (nSPS) is 31.3. The molecular weight excluding hydrogens is 324 g/mol. The standard InChI is InChI=1S/C18H22N2O5/c1-4-18(17(24)25-5-2)13-12(15(22)20(3)16(13)23)14(19-18)10-6-8-11(21)9-7-10/h6-9,12-14,19,21H,4-5H2,1-3H3/p+1/t12-,13+,14-,18-/m0/s1. The van der Waals surface area contributed by atoms with E-state index in [9.17, 15) is 19.5 Å². The van der Waals surface area contributed by atoms with E-state index in [-0.39, 0.29) is 30.2 Å². The van der Waals surface area contributed by atoms with E-state index < -0.39 is 23.3 Å². The molecule has 2 amide bonds. The van der Waals surface area contributed by atoms with Crippen LogP contribution in [0.2, 0.25) is 0 Å². The molecular formula is C18H23N2O5+. The van der Waals surface area contributed by atoms with E-state index in [1.807, 2.05) is 12.2 Å². The summed E-state index contributed by atoms with van der Waals surface area (Å²) in [5.41, 5.74) is -0.315. The van der Waals surface area contributed by atoms with Gasteiger partial charge in [-0.3, -0.25) is 14.5 Å². The van der Waals surface area contributed by atoms with Crippen molar-refractivity contribution in [2.75, 3.05) is 13.7 Å². The Labute approximate surface area is 146 Å². The predicted octanol–water partition coefficient (Wildman–Crippen LogP) is -0.0468. The topological polar surface area (TPSA) is 101 Å². The number of nitrogens with two attached hydrogens (primary N) is 1. The lowest BCUT2D eigenvalue weighted by molar-refractivity contribution is -0.734. The van der Waals surface area contributed by atoms with Crippen LogP contribution in [0.15, 0.2) is 24.3 Å². The maximum atomic E-state index is 12.8. The van der Waals surface area contributed by atoms with E-state index in [1.54, 1.807) is 31.2 Å². The zero-order chi connectivity index (χ0) is 18.4. The monoisotopic (exact) mass is 347 g/mol. The van der Waals surface area contributed by atoms with Gasteiger partial charge in [0.05, 0.1) is 6.61 Å². The lowest BCUT2D eigenvalue weighted by Gasteiger charge is -2.28. The minimum atomic E-state index is -1.11. The van der Waals surface area contributed by atoms with Crippen LogP contribution in [-0.2, 0) is 19.1 Å². The van der Waals surface area contributed by atoms with Crippen molar-refractivity contribution in [3.63, 3.8) is 0 Å². The van der Waals surface area contributed by atoms with Gasteiger partial charge in [-0.2, -0.15) is 0 Å². The first-order chi connectivity index (χ1) is 11.9. The molecule has 7 heteroatoms. The molecule has 0 aromatic heterocycles. The van der Waals surface area contributed by atoms with Crippen LogP contribution in [0.4, 0.5) is 0 Å².